The number of rotatable bonds is 8. The van der Waals surface area contributed by atoms with Crippen LogP contribution in [0.4, 0.5) is 0 Å². The van der Waals surface area contributed by atoms with Gasteiger partial charge in [0.15, 0.2) is 0 Å². The molecule has 0 saturated heterocycles. The smallest absolute Gasteiger partial charge is 0.119 e. The van der Waals surface area contributed by atoms with Crippen LogP contribution >= 0.6 is 0 Å². The molecule has 2 nitrogen and oxygen atoms in total. The molecule has 0 radical (unpaired) electrons. The van der Waals surface area contributed by atoms with E-state index in [1.54, 1.807) is 7.11 Å². The molecule has 0 saturated carbocycles. The zero-order valence-corrected chi connectivity index (χ0v) is 11.8. The second-order valence-corrected chi connectivity index (χ2v) is 4.81. The molecule has 1 unspecified atom stereocenters. The van der Waals surface area contributed by atoms with Crippen LogP contribution in [0.5, 0.6) is 5.75 Å². The summed E-state index contributed by atoms with van der Waals surface area (Å²) >= 11 is 0. The lowest BCUT2D eigenvalue weighted by Gasteiger charge is -2.18. The number of likely N-dealkylation sites (N-methyl/N-ethyl adjacent to an activating group) is 1. The third kappa shape index (κ3) is 5.37. The maximum atomic E-state index is 5.26. The molecule has 0 fully saturated rings. The van der Waals surface area contributed by atoms with Gasteiger partial charge in [-0.25, -0.2) is 0 Å². The van der Waals surface area contributed by atoms with Crippen molar-refractivity contribution >= 4 is 0 Å². The maximum absolute atomic E-state index is 5.26. The topological polar surface area (TPSA) is 21.3 Å². The molecule has 18 heavy (non-hydrogen) atoms. The molecule has 100 valence electrons. The predicted molar refractivity (Wildman–Crippen MR) is 78.2 cm³/mol. The lowest BCUT2D eigenvalue weighted by Crippen LogP contribution is -2.31. The van der Waals surface area contributed by atoms with Crippen LogP contribution in [0, 0.1) is 0 Å². The van der Waals surface area contributed by atoms with Gasteiger partial charge in [-0.15, -0.1) is 6.58 Å². The number of nitrogens with one attached hydrogen (secondary N) is 1. The molecular formula is C16H25NO. The molecule has 0 aliphatic rings. The van der Waals surface area contributed by atoms with Gasteiger partial charge in [0.1, 0.15) is 5.75 Å². The number of benzene rings is 1. The van der Waals surface area contributed by atoms with E-state index in [-0.39, 0.29) is 0 Å². The van der Waals surface area contributed by atoms with E-state index in [9.17, 15) is 0 Å². The van der Waals surface area contributed by atoms with Crippen LogP contribution in [-0.2, 0) is 6.42 Å². The van der Waals surface area contributed by atoms with E-state index in [2.05, 4.69) is 43.9 Å². The quantitative estimate of drug-likeness (QED) is 0.709. The van der Waals surface area contributed by atoms with Gasteiger partial charge in [-0.05, 0) is 50.4 Å². The van der Waals surface area contributed by atoms with E-state index in [4.69, 9.17) is 4.74 Å². The Balaban J connectivity index is 2.60. The van der Waals surface area contributed by atoms with Crippen molar-refractivity contribution in [3.8, 4) is 5.75 Å². The van der Waals surface area contributed by atoms with Gasteiger partial charge >= 0.3 is 0 Å². The molecule has 0 aliphatic carbocycles. The Labute approximate surface area is 111 Å². The van der Waals surface area contributed by atoms with E-state index in [1.807, 2.05) is 6.07 Å². The maximum Gasteiger partial charge on any atom is 0.119 e. The molecule has 1 aromatic carbocycles. The zero-order valence-electron chi connectivity index (χ0n) is 11.8. The highest BCUT2D eigenvalue weighted by Crippen LogP contribution is 2.16. The minimum Gasteiger partial charge on any atom is -0.497 e. The summed E-state index contributed by atoms with van der Waals surface area (Å²) in [7, 11) is 1.71. The molecule has 0 spiro atoms. The fourth-order valence-electron chi connectivity index (χ4n) is 2.07. The van der Waals surface area contributed by atoms with Crippen molar-refractivity contribution in [2.75, 3.05) is 13.7 Å². The number of methoxy groups -OCH3 is 1. The van der Waals surface area contributed by atoms with Crippen molar-refractivity contribution < 1.29 is 4.74 Å². The summed E-state index contributed by atoms with van der Waals surface area (Å²) in [4.78, 5) is 0. The Morgan fingerprint density at radius 2 is 2.22 bits per heavy atom. The summed E-state index contributed by atoms with van der Waals surface area (Å²) in [5.74, 6) is 0.933. The van der Waals surface area contributed by atoms with Crippen LogP contribution in [0.2, 0.25) is 0 Å². The average molecular weight is 247 g/mol. The minimum absolute atomic E-state index is 0.513. The highest BCUT2D eigenvalue weighted by molar-refractivity contribution is 5.29. The molecule has 0 aromatic heterocycles. The summed E-state index contributed by atoms with van der Waals surface area (Å²) in [6.45, 7) is 9.22. The van der Waals surface area contributed by atoms with E-state index >= 15 is 0 Å². The Hall–Kier alpha value is -1.28. The summed E-state index contributed by atoms with van der Waals surface area (Å²) in [5.41, 5.74) is 2.57. The standard InChI is InChI=1S/C16H25NO/c1-5-17-15(10-9-13(2)3)11-14-7-6-8-16(12-14)18-4/h6-8,12,15,17H,2,5,9-11H2,1,3-4H3. The fraction of sp³-hybridized carbons (Fsp3) is 0.500. The van der Waals surface area contributed by atoms with Crippen molar-refractivity contribution in [2.24, 2.45) is 0 Å². The van der Waals surface area contributed by atoms with E-state index in [0.717, 1.165) is 31.6 Å². The highest BCUT2D eigenvalue weighted by atomic mass is 16.5. The number of hydrogen-bond acceptors (Lipinski definition) is 2. The first-order valence-corrected chi connectivity index (χ1v) is 6.66. The van der Waals surface area contributed by atoms with Crippen molar-refractivity contribution in [3.63, 3.8) is 0 Å². The van der Waals surface area contributed by atoms with Crippen LogP contribution in [-0.4, -0.2) is 19.7 Å². The largest absolute Gasteiger partial charge is 0.497 e. The molecule has 2 heteroatoms. The Kier molecular flexibility index (Phi) is 6.51. The summed E-state index contributed by atoms with van der Waals surface area (Å²) in [5, 5.41) is 3.54. The molecule has 0 heterocycles. The minimum atomic E-state index is 0.513. The zero-order chi connectivity index (χ0) is 13.4. The van der Waals surface area contributed by atoms with Crippen LogP contribution in [0.3, 0.4) is 0 Å². The van der Waals surface area contributed by atoms with Crippen LogP contribution in [0.15, 0.2) is 36.4 Å². The molecular weight excluding hydrogens is 222 g/mol. The first kappa shape index (κ1) is 14.8. The van der Waals surface area contributed by atoms with Gasteiger partial charge in [0.05, 0.1) is 7.11 Å². The lowest BCUT2D eigenvalue weighted by molar-refractivity contribution is 0.413. The van der Waals surface area contributed by atoms with E-state index < -0.39 is 0 Å². The van der Waals surface area contributed by atoms with Crippen molar-refractivity contribution in [1.82, 2.24) is 5.32 Å². The molecule has 1 aromatic rings. The number of allylic oxidation sites excluding steroid dienone is 1. The van der Waals surface area contributed by atoms with Gasteiger partial charge < -0.3 is 10.1 Å². The van der Waals surface area contributed by atoms with Gasteiger partial charge in [0.25, 0.3) is 0 Å². The van der Waals surface area contributed by atoms with Crippen molar-refractivity contribution in [2.45, 2.75) is 39.2 Å². The van der Waals surface area contributed by atoms with Gasteiger partial charge in [0, 0.05) is 6.04 Å². The highest BCUT2D eigenvalue weighted by Gasteiger charge is 2.08. The molecule has 0 amide bonds. The van der Waals surface area contributed by atoms with E-state index in [0.29, 0.717) is 6.04 Å². The molecule has 1 rings (SSSR count). The van der Waals surface area contributed by atoms with Crippen LogP contribution in [0.25, 0.3) is 0 Å². The van der Waals surface area contributed by atoms with Crippen LogP contribution < -0.4 is 10.1 Å². The summed E-state index contributed by atoms with van der Waals surface area (Å²) < 4.78 is 5.26. The molecule has 0 bridgehead atoms. The van der Waals surface area contributed by atoms with Gasteiger partial charge in [-0.3, -0.25) is 0 Å². The van der Waals surface area contributed by atoms with Crippen LogP contribution in [0.1, 0.15) is 32.3 Å². The molecule has 1 atom stereocenters. The van der Waals surface area contributed by atoms with Crippen molar-refractivity contribution in [1.29, 1.82) is 0 Å². The summed E-state index contributed by atoms with van der Waals surface area (Å²) in [6, 6.07) is 8.83. The normalized spacial score (nSPS) is 12.2. The first-order chi connectivity index (χ1) is 8.65. The molecule has 0 aliphatic heterocycles. The van der Waals surface area contributed by atoms with Gasteiger partial charge in [-0.2, -0.15) is 0 Å². The van der Waals surface area contributed by atoms with E-state index in [1.165, 1.54) is 11.1 Å². The number of hydrogen-bond donors (Lipinski definition) is 1. The summed E-state index contributed by atoms with van der Waals surface area (Å²) in [6.07, 6.45) is 3.26. The monoisotopic (exact) mass is 247 g/mol. The lowest BCUT2D eigenvalue weighted by atomic mass is 10.00. The Morgan fingerprint density at radius 3 is 2.83 bits per heavy atom. The number of ether oxygens (including phenoxy) is 1. The van der Waals surface area contributed by atoms with Gasteiger partial charge in [0.2, 0.25) is 0 Å². The Morgan fingerprint density at radius 1 is 1.44 bits per heavy atom. The first-order valence-electron chi connectivity index (χ1n) is 6.66. The van der Waals surface area contributed by atoms with Crippen molar-refractivity contribution in [3.05, 3.63) is 42.0 Å². The van der Waals surface area contributed by atoms with Gasteiger partial charge in [-0.1, -0.05) is 24.6 Å². The Bertz CT molecular complexity index is 373. The third-order valence-electron chi connectivity index (χ3n) is 3.03. The molecule has 1 N–H and O–H groups in total. The predicted octanol–water partition coefficient (Wildman–Crippen LogP) is 3.57. The SMILES string of the molecule is C=C(C)CCC(Cc1cccc(OC)c1)NCC. The average Bonchev–Trinajstić information content (AvgIpc) is 2.36. The second-order valence-electron chi connectivity index (χ2n) is 4.81. The second kappa shape index (κ2) is 7.93. The fourth-order valence-corrected chi connectivity index (χ4v) is 2.07. The third-order valence-corrected chi connectivity index (χ3v) is 3.03.